The van der Waals surface area contributed by atoms with Gasteiger partial charge in [0.1, 0.15) is 5.52 Å². The number of nitro benzene ring substituents is 1. The smallest absolute Gasteiger partial charge is 0.272 e. The van der Waals surface area contributed by atoms with Crippen LogP contribution in [0.25, 0.3) is 22.6 Å². The van der Waals surface area contributed by atoms with Gasteiger partial charge in [0.05, 0.1) is 4.92 Å². The number of hydrogen-bond donors (Lipinski definition) is 2. The van der Waals surface area contributed by atoms with Crippen LogP contribution in [-0.2, 0) is 0 Å². The van der Waals surface area contributed by atoms with E-state index in [1.165, 1.54) is 23.8 Å². The molecule has 9 heteroatoms. The molecule has 8 nitrogen and oxygen atoms in total. The summed E-state index contributed by atoms with van der Waals surface area (Å²) in [6.07, 6.45) is 0. The van der Waals surface area contributed by atoms with Gasteiger partial charge in [0, 0.05) is 28.4 Å². The van der Waals surface area contributed by atoms with E-state index in [-0.39, 0.29) is 16.4 Å². The molecule has 0 aliphatic heterocycles. The Morgan fingerprint density at radius 2 is 1.91 bits per heavy atom. The maximum absolute atomic E-state index is 12.5. The zero-order valence-electron chi connectivity index (χ0n) is 18.8. The van der Waals surface area contributed by atoms with Gasteiger partial charge in [-0.15, -0.1) is 0 Å². The number of fused-ring (bicyclic) bond motifs is 1. The third-order valence-corrected chi connectivity index (χ3v) is 5.53. The molecule has 34 heavy (non-hydrogen) atoms. The summed E-state index contributed by atoms with van der Waals surface area (Å²) in [6, 6.07) is 17.5. The molecule has 0 bridgehead atoms. The summed E-state index contributed by atoms with van der Waals surface area (Å²) in [6.45, 7) is 5.83. The second-order valence-electron chi connectivity index (χ2n) is 8.15. The lowest BCUT2D eigenvalue weighted by atomic mass is 10.0. The minimum Gasteiger partial charge on any atom is -0.436 e. The van der Waals surface area contributed by atoms with Crippen LogP contribution in [0.3, 0.4) is 0 Å². The number of nitrogens with zero attached hydrogens (tertiary/aromatic N) is 2. The van der Waals surface area contributed by atoms with Crippen molar-refractivity contribution in [1.29, 1.82) is 0 Å². The molecule has 0 saturated heterocycles. The van der Waals surface area contributed by atoms with Gasteiger partial charge in [-0.1, -0.05) is 26.0 Å². The molecule has 0 fully saturated rings. The van der Waals surface area contributed by atoms with Gasteiger partial charge in [-0.2, -0.15) is 0 Å². The minimum atomic E-state index is -0.490. The molecule has 0 saturated carbocycles. The van der Waals surface area contributed by atoms with Crippen molar-refractivity contribution in [3.8, 4) is 11.5 Å². The largest absolute Gasteiger partial charge is 0.436 e. The number of benzene rings is 3. The van der Waals surface area contributed by atoms with Crippen LogP contribution < -0.4 is 10.6 Å². The average molecular weight is 475 g/mol. The van der Waals surface area contributed by atoms with Gasteiger partial charge in [-0.3, -0.25) is 20.2 Å². The quantitative estimate of drug-likeness (QED) is 0.208. The molecule has 4 rings (SSSR count). The van der Waals surface area contributed by atoms with Crippen molar-refractivity contribution < 1.29 is 14.1 Å². The number of nitrogens with one attached hydrogen (secondary N) is 2. The summed E-state index contributed by atoms with van der Waals surface area (Å²) < 4.78 is 5.92. The molecule has 1 aromatic heterocycles. The Bertz CT molecular complexity index is 1430. The molecule has 0 radical (unpaired) electrons. The third-order valence-electron chi connectivity index (χ3n) is 5.33. The van der Waals surface area contributed by atoms with E-state index in [1.807, 2.05) is 36.4 Å². The lowest BCUT2D eigenvalue weighted by molar-refractivity contribution is -0.385. The van der Waals surface area contributed by atoms with E-state index in [1.54, 1.807) is 13.0 Å². The number of thiocarbonyl (C=S) groups is 1. The van der Waals surface area contributed by atoms with Crippen LogP contribution >= 0.6 is 12.2 Å². The molecule has 2 N–H and O–H groups in total. The summed E-state index contributed by atoms with van der Waals surface area (Å²) in [5.41, 5.74) is 4.71. The molecular weight excluding hydrogens is 452 g/mol. The second-order valence-corrected chi connectivity index (χ2v) is 8.56. The molecule has 0 aliphatic rings. The van der Waals surface area contributed by atoms with Gasteiger partial charge in [0.15, 0.2) is 10.7 Å². The second kappa shape index (κ2) is 9.40. The monoisotopic (exact) mass is 474 g/mol. The van der Waals surface area contributed by atoms with Crippen LogP contribution in [0, 0.1) is 17.0 Å². The highest BCUT2D eigenvalue weighted by Gasteiger charge is 2.15. The number of rotatable bonds is 5. The maximum Gasteiger partial charge on any atom is 0.272 e. The Morgan fingerprint density at radius 3 is 2.62 bits per heavy atom. The number of aromatic nitrogens is 1. The molecule has 0 unspecified atom stereocenters. The van der Waals surface area contributed by atoms with Gasteiger partial charge < -0.3 is 9.73 Å². The molecule has 1 heterocycles. The van der Waals surface area contributed by atoms with Crippen molar-refractivity contribution in [2.75, 3.05) is 5.32 Å². The van der Waals surface area contributed by atoms with E-state index in [9.17, 15) is 14.9 Å². The van der Waals surface area contributed by atoms with E-state index in [0.29, 0.717) is 28.6 Å². The summed E-state index contributed by atoms with van der Waals surface area (Å²) in [5, 5.41) is 16.6. The van der Waals surface area contributed by atoms with Gasteiger partial charge in [0.2, 0.25) is 5.89 Å². The molecule has 3 aromatic carbocycles. The Balaban J connectivity index is 1.47. The fraction of sp³-hybridized carbons (Fsp3) is 0.160. The molecular formula is C25H22N4O4S. The summed E-state index contributed by atoms with van der Waals surface area (Å²) in [5.74, 6) is 0.408. The third kappa shape index (κ3) is 4.94. The number of carbonyl (C=O) groups excluding carboxylic acids is 1. The predicted octanol–water partition coefficient (Wildman–Crippen LogP) is 5.96. The lowest BCUT2D eigenvalue weighted by Gasteiger charge is -2.10. The first kappa shape index (κ1) is 23.1. The molecule has 0 aliphatic carbocycles. The first-order valence-electron chi connectivity index (χ1n) is 10.6. The van der Waals surface area contributed by atoms with Gasteiger partial charge in [-0.25, -0.2) is 4.98 Å². The Kier molecular flexibility index (Phi) is 6.38. The summed E-state index contributed by atoms with van der Waals surface area (Å²) in [4.78, 5) is 27.6. The maximum atomic E-state index is 12.5. The van der Waals surface area contributed by atoms with Crippen LogP contribution in [0.4, 0.5) is 11.4 Å². The number of anilines is 1. The Labute approximate surface area is 201 Å². The van der Waals surface area contributed by atoms with Gasteiger partial charge in [0.25, 0.3) is 11.6 Å². The van der Waals surface area contributed by atoms with E-state index in [0.717, 1.165) is 11.1 Å². The number of aryl methyl sites for hydroxylation is 1. The summed E-state index contributed by atoms with van der Waals surface area (Å²) in [7, 11) is 0. The Hall–Kier alpha value is -4.11. The topological polar surface area (TPSA) is 110 Å². The van der Waals surface area contributed by atoms with Crippen molar-refractivity contribution in [1.82, 2.24) is 10.3 Å². The molecule has 0 atom stereocenters. The van der Waals surface area contributed by atoms with Crippen molar-refractivity contribution in [3.05, 3.63) is 87.5 Å². The standard InChI is InChI=1S/C25H22N4O4S/c1-14(2)16-8-10-22-20(13-16)27-24(33-22)18-5-4-6-19(12-18)26-25(34)28-23(30)17-7-9-21(29(31)32)15(3)11-17/h4-14H,1-3H3,(H2,26,28,30,34). The van der Waals surface area contributed by atoms with Crippen LogP contribution in [0.2, 0.25) is 0 Å². The highest BCUT2D eigenvalue weighted by atomic mass is 32.1. The number of carbonyl (C=O) groups is 1. The SMILES string of the molecule is Cc1cc(C(=O)NC(=S)Nc2cccc(-c3nc4cc(C(C)C)ccc4o3)c2)ccc1[N+](=O)[O-]. The van der Waals surface area contributed by atoms with Crippen molar-refractivity contribution in [2.45, 2.75) is 26.7 Å². The van der Waals surface area contributed by atoms with Crippen LogP contribution in [0.5, 0.6) is 0 Å². The van der Waals surface area contributed by atoms with E-state index in [4.69, 9.17) is 16.6 Å². The molecule has 172 valence electrons. The molecule has 1 amide bonds. The van der Waals surface area contributed by atoms with Crippen LogP contribution in [-0.4, -0.2) is 20.9 Å². The predicted molar refractivity (Wildman–Crippen MR) is 135 cm³/mol. The van der Waals surface area contributed by atoms with Gasteiger partial charge in [-0.05, 0) is 73.1 Å². The zero-order chi connectivity index (χ0) is 24.4. The number of hydrogen-bond acceptors (Lipinski definition) is 6. The van der Waals surface area contributed by atoms with Crippen molar-refractivity contribution in [3.63, 3.8) is 0 Å². The fourth-order valence-electron chi connectivity index (χ4n) is 3.50. The van der Waals surface area contributed by atoms with Crippen LogP contribution in [0.15, 0.2) is 65.1 Å². The zero-order valence-corrected chi connectivity index (χ0v) is 19.6. The van der Waals surface area contributed by atoms with Gasteiger partial charge >= 0.3 is 0 Å². The molecule has 0 spiro atoms. The van der Waals surface area contributed by atoms with E-state index >= 15 is 0 Å². The molecule has 4 aromatic rings. The van der Waals surface area contributed by atoms with Crippen LogP contribution in [0.1, 0.15) is 41.3 Å². The highest BCUT2D eigenvalue weighted by Crippen LogP contribution is 2.28. The number of nitro groups is 1. The lowest BCUT2D eigenvalue weighted by Crippen LogP contribution is -2.34. The fourth-order valence-corrected chi connectivity index (χ4v) is 3.71. The minimum absolute atomic E-state index is 0.0475. The van der Waals surface area contributed by atoms with Crippen molar-refractivity contribution in [2.24, 2.45) is 0 Å². The summed E-state index contributed by atoms with van der Waals surface area (Å²) >= 11 is 5.27. The van der Waals surface area contributed by atoms with Crippen molar-refractivity contribution >= 4 is 45.7 Å². The number of oxazole rings is 1. The van der Waals surface area contributed by atoms with E-state index < -0.39 is 10.8 Å². The average Bonchev–Trinajstić information content (AvgIpc) is 3.22. The highest BCUT2D eigenvalue weighted by molar-refractivity contribution is 7.80. The normalized spacial score (nSPS) is 10.9. The Morgan fingerprint density at radius 1 is 1.12 bits per heavy atom. The number of amides is 1. The van der Waals surface area contributed by atoms with E-state index in [2.05, 4.69) is 29.5 Å². The first-order valence-corrected chi connectivity index (χ1v) is 11.0. The first-order chi connectivity index (χ1) is 16.2.